The summed E-state index contributed by atoms with van der Waals surface area (Å²) in [4.78, 5) is 28.4. The molecular formula is C14H17N3O2. The van der Waals surface area contributed by atoms with Crippen LogP contribution in [0.15, 0.2) is 24.4 Å². The van der Waals surface area contributed by atoms with Crippen molar-refractivity contribution in [3.63, 3.8) is 0 Å². The van der Waals surface area contributed by atoms with Crippen LogP contribution in [-0.4, -0.2) is 29.4 Å². The van der Waals surface area contributed by atoms with Crippen LogP contribution in [0.1, 0.15) is 31.4 Å². The summed E-state index contributed by atoms with van der Waals surface area (Å²) in [5, 5.41) is 5.81. The minimum Gasteiger partial charge on any atom is -0.355 e. The van der Waals surface area contributed by atoms with Crippen LogP contribution in [-0.2, 0) is 15.0 Å². The summed E-state index contributed by atoms with van der Waals surface area (Å²) in [6.45, 7) is 0.335. The zero-order chi connectivity index (χ0) is 13.3. The largest absolute Gasteiger partial charge is 0.355 e. The molecule has 1 saturated carbocycles. The molecule has 0 spiro atoms. The first-order valence-electron chi connectivity index (χ1n) is 6.70. The van der Waals surface area contributed by atoms with Crippen LogP contribution in [0.5, 0.6) is 0 Å². The summed E-state index contributed by atoms with van der Waals surface area (Å²) in [6, 6.07) is 5.75. The van der Waals surface area contributed by atoms with Crippen molar-refractivity contribution in [1.82, 2.24) is 15.6 Å². The number of carbonyl (C=O) groups excluding carboxylic acids is 2. The highest BCUT2D eigenvalue weighted by Crippen LogP contribution is 2.31. The van der Waals surface area contributed by atoms with Gasteiger partial charge < -0.3 is 10.6 Å². The Balaban J connectivity index is 1.88. The average Bonchev–Trinajstić information content (AvgIpc) is 2.78. The number of carbonyl (C=O) groups is 2. The molecule has 2 N–H and O–H groups in total. The summed E-state index contributed by atoms with van der Waals surface area (Å²) >= 11 is 0. The van der Waals surface area contributed by atoms with Gasteiger partial charge in [0, 0.05) is 25.2 Å². The number of hydrogen-bond donors (Lipinski definition) is 2. The molecule has 1 aromatic heterocycles. The van der Waals surface area contributed by atoms with Crippen molar-refractivity contribution in [3.8, 4) is 0 Å². The predicted octanol–water partition coefficient (Wildman–Crippen LogP) is 0.508. The van der Waals surface area contributed by atoms with Gasteiger partial charge in [0.25, 0.3) is 0 Å². The fourth-order valence-corrected chi connectivity index (χ4v) is 2.63. The molecular weight excluding hydrogens is 242 g/mol. The predicted molar refractivity (Wildman–Crippen MR) is 69.3 cm³/mol. The van der Waals surface area contributed by atoms with Crippen molar-refractivity contribution in [2.45, 2.75) is 37.1 Å². The monoisotopic (exact) mass is 259 g/mol. The summed E-state index contributed by atoms with van der Waals surface area (Å²) in [6.07, 6.45) is 5.08. The fourth-order valence-electron chi connectivity index (χ4n) is 2.63. The third-order valence-electron chi connectivity index (χ3n) is 4.08. The highest BCUT2D eigenvalue weighted by molar-refractivity contribution is 5.96. The van der Waals surface area contributed by atoms with Crippen LogP contribution in [0.4, 0.5) is 0 Å². The first-order chi connectivity index (χ1) is 9.21. The van der Waals surface area contributed by atoms with Crippen LogP contribution in [0.3, 0.4) is 0 Å². The third kappa shape index (κ3) is 2.09. The molecule has 1 aliphatic heterocycles. The molecule has 2 aliphatic rings. The Labute approximate surface area is 111 Å². The number of amides is 2. The van der Waals surface area contributed by atoms with Crippen molar-refractivity contribution in [3.05, 3.63) is 30.1 Å². The second kappa shape index (κ2) is 4.64. The molecule has 2 fully saturated rings. The van der Waals surface area contributed by atoms with Crippen molar-refractivity contribution in [2.75, 3.05) is 6.54 Å². The van der Waals surface area contributed by atoms with Gasteiger partial charge in [-0.2, -0.15) is 0 Å². The number of pyridine rings is 1. The van der Waals surface area contributed by atoms with E-state index in [1.165, 1.54) is 6.42 Å². The van der Waals surface area contributed by atoms with E-state index in [2.05, 4.69) is 15.6 Å². The van der Waals surface area contributed by atoms with E-state index in [0.29, 0.717) is 12.2 Å². The molecule has 2 heterocycles. The van der Waals surface area contributed by atoms with Gasteiger partial charge in [-0.1, -0.05) is 6.07 Å². The maximum absolute atomic E-state index is 12.6. The lowest BCUT2D eigenvalue weighted by molar-refractivity contribution is -0.129. The van der Waals surface area contributed by atoms with E-state index in [1.54, 1.807) is 6.20 Å². The number of aromatic nitrogens is 1. The molecule has 5 nitrogen and oxygen atoms in total. The summed E-state index contributed by atoms with van der Waals surface area (Å²) in [5.74, 6) is -0.163. The number of nitrogens with zero attached hydrogens (tertiary/aromatic N) is 1. The highest BCUT2D eigenvalue weighted by atomic mass is 16.2. The van der Waals surface area contributed by atoms with E-state index in [1.807, 2.05) is 18.2 Å². The SMILES string of the molecule is O=C1CC(C(=O)NC2CCC2)(c2ccccn2)CN1. The van der Waals surface area contributed by atoms with Gasteiger partial charge in [-0.15, -0.1) is 0 Å². The van der Waals surface area contributed by atoms with Gasteiger partial charge in [0.2, 0.25) is 11.8 Å². The van der Waals surface area contributed by atoms with E-state index in [4.69, 9.17) is 0 Å². The minimum absolute atomic E-state index is 0.0748. The van der Waals surface area contributed by atoms with Crippen LogP contribution in [0, 0.1) is 0 Å². The van der Waals surface area contributed by atoms with Gasteiger partial charge in [-0.05, 0) is 31.4 Å². The van der Waals surface area contributed by atoms with Crippen molar-refractivity contribution >= 4 is 11.8 Å². The summed E-state index contributed by atoms with van der Waals surface area (Å²) < 4.78 is 0. The molecule has 0 aromatic carbocycles. The molecule has 2 amide bonds. The van der Waals surface area contributed by atoms with Gasteiger partial charge in [-0.3, -0.25) is 14.6 Å². The van der Waals surface area contributed by atoms with Crippen molar-refractivity contribution in [2.24, 2.45) is 0 Å². The standard InChI is InChI=1S/C14H17N3O2/c18-12-8-14(9-16-12,11-6-1-2-7-15-11)13(19)17-10-4-3-5-10/h1-2,6-7,10H,3-5,8-9H2,(H,16,18)(H,17,19). The van der Waals surface area contributed by atoms with Gasteiger partial charge in [0.05, 0.1) is 5.69 Å². The summed E-state index contributed by atoms with van der Waals surface area (Å²) in [7, 11) is 0. The second-order valence-electron chi connectivity index (χ2n) is 5.35. The fraction of sp³-hybridized carbons (Fsp3) is 0.500. The van der Waals surface area contributed by atoms with E-state index < -0.39 is 5.41 Å². The Bertz CT molecular complexity index is 499. The smallest absolute Gasteiger partial charge is 0.234 e. The molecule has 1 unspecified atom stereocenters. The van der Waals surface area contributed by atoms with Crippen molar-refractivity contribution < 1.29 is 9.59 Å². The molecule has 1 atom stereocenters. The second-order valence-corrected chi connectivity index (χ2v) is 5.35. The highest BCUT2D eigenvalue weighted by Gasteiger charge is 2.48. The van der Waals surface area contributed by atoms with Gasteiger partial charge in [0.1, 0.15) is 5.41 Å². The lowest BCUT2D eigenvalue weighted by Crippen LogP contribution is -2.51. The van der Waals surface area contributed by atoms with Crippen LogP contribution in [0.2, 0.25) is 0 Å². The first-order valence-corrected chi connectivity index (χ1v) is 6.70. The van der Waals surface area contributed by atoms with Crippen LogP contribution >= 0.6 is 0 Å². The number of rotatable bonds is 3. The Morgan fingerprint density at radius 3 is 2.79 bits per heavy atom. The lowest BCUT2D eigenvalue weighted by Gasteiger charge is -2.32. The maximum Gasteiger partial charge on any atom is 0.234 e. The van der Waals surface area contributed by atoms with Crippen LogP contribution in [0.25, 0.3) is 0 Å². The van der Waals surface area contributed by atoms with Gasteiger partial charge in [-0.25, -0.2) is 0 Å². The topological polar surface area (TPSA) is 71.1 Å². The Morgan fingerprint density at radius 1 is 1.42 bits per heavy atom. The van der Waals surface area contributed by atoms with Crippen molar-refractivity contribution in [1.29, 1.82) is 0 Å². The van der Waals surface area contributed by atoms with Gasteiger partial charge >= 0.3 is 0 Å². The third-order valence-corrected chi connectivity index (χ3v) is 4.08. The number of nitrogens with one attached hydrogen (secondary N) is 2. The normalized spacial score (nSPS) is 26.6. The molecule has 5 heteroatoms. The Kier molecular flexibility index (Phi) is 2.97. The molecule has 19 heavy (non-hydrogen) atoms. The molecule has 1 saturated heterocycles. The first kappa shape index (κ1) is 12.1. The Hall–Kier alpha value is -1.91. The number of hydrogen-bond acceptors (Lipinski definition) is 3. The molecule has 1 aliphatic carbocycles. The van der Waals surface area contributed by atoms with E-state index >= 15 is 0 Å². The Morgan fingerprint density at radius 2 is 2.26 bits per heavy atom. The summed E-state index contributed by atoms with van der Waals surface area (Å²) in [5.41, 5.74) is -0.168. The maximum atomic E-state index is 12.6. The minimum atomic E-state index is -0.839. The van der Waals surface area contributed by atoms with Crippen LogP contribution < -0.4 is 10.6 Å². The molecule has 1 aromatic rings. The molecule has 0 bridgehead atoms. The average molecular weight is 259 g/mol. The van der Waals surface area contributed by atoms with E-state index in [0.717, 1.165) is 12.8 Å². The molecule has 0 radical (unpaired) electrons. The molecule has 100 valence electrons. The zero-order valence-corrected chi connectivity index (χ0v) is 10.7. The molecule has 3 rings (SSSR count). The van der Waals surface area contributed by atoms with E-state index in [-0.39, 0.29) is 24.3 Å². The lowest BCUT2D eigenvalue weighted by atomic mass is 9.80. The van der Waals surface area contributed by atoms with E-state index in [9.17, 15) is 9.59 Å². The quantitative estimate of drug-likeness (QED) is 0.830. The zero-order valence-electron chi connectivity index (χ0n) is 10.7. The van der Waals surface area contributed by atoms with Gasteiger partial charge in [0.15, 0.2) is 0 Å².